The molecule has 2 aliphatic heterocycles. The van der Waals surface area contributed by atoms with Gasteiger partial charge < -0.3 is 24.6 Å². The Morgan fingerprint density at radius 3 is 2.45 bits per heavy atom. The largest absolute Gasteiger partial charge is 0.378 e. The van der Waals surface area contributed by atoms with Crippen LogP contribution in [0.25, 0.3) is 21.8 Å². The van der Waals surface area contributed by atoms with Crippen LogP contribution in [0, 0.1) is 18.6 Å². The Balaban J connectivity index is 1.19. The number of halogens is 2. The van der Waals surface area contributed by atoms with Gasteiger partial charge in [-0.2, -0.15) is 0 Å². The predicted octanol–water partition coefficient (Wildman–Crippen LogP) is 6.56. The minimum atomic E-state index is -2.16. The summed E-state index contributed by atoms with van der Waals surface area (Å²) in [6.07, 6.45) is 5.71. The van der Waals surface area contributed by atoms with Gasteiger partial charge in [0.05, 0.1) is 41.4 Å². The molecule has 10 nitrogen and oxygen atoms in total. The van der Waals surface area contributed by atoms with Crippen LogP contribution in [0.2, 0.25) is 0 Å². The van der Waals surface area contributed by atoms with Gasteiger partial charge in [-0.05, 0) is 61.7 Å². The molecule has 3 aromatic heterocycles. The molecule has 2 saturated heterocycles. The highest BCUT2D eigenvalue weighted by molar-refractivity contribution is 7.86. The highest BCUT2D eigenvalue weighted by Gasteiger charge is 2.23. The molecule has 2 fully saturated rings. The van der Waals surface area contributed by atoms with E-state index in [2.05, 4.69) is 35.9 Å². The van der Waals surface area contributed by atoms with Crippen molar-refractivity contribution in [2.45, 2.75) is 24.7 Å². The minimum Gasteiger partial charge on any atom is -0.378 e. The molecule has 7 rings (SSSR count). The monoisotopic (exact) mass is 674 g/mol. The minimum absolute atomic E-state index is 0.423. The summed E-state index contributed by atoms with van der Waals surface area (Å²) >= 11 is 1.55. The first-order valence-corrected chi connectivity index (χ1v) is 17.3. The van der Waals surface area contributed by atoms with Crippen molar-refractivity contribution >= 4 is 50.6 Å². The van der Waals surface area contributed by atoms with Crippen molar-refractivity contribution in [3.8, 4) is 21.8 Å². The summed E-state index contributed by atoms with van der Waals surface area (Å²) < 4.78 is 49.8. The van der Waals surface area contributed by atoms with E-state index in [0.717, 1.165) is 83.8 Å². The zero-order valence-electron chi connectivity index (χ0n) is 25.6. The van der Waals surface area contributed by atoms with Gasteiger partial charge in [-0.1, -0.05) is 29.5 Å². The molecule has 2 aromatic carbocycles. The second-order valence-electron chi connectivity index (χ2n) is 11.2. The Morgan fingerprint density at radius 2 is 1.68 bits per heavy atom. The van der Waals surface area contributed by atoms with Crippen LogP contribution in [0.3, 0.4) is 0 Å². The Morgan fingerprint density at radius 1 is 0.915 bits per heavy atom. The molecular weight excluding hydrogens is 643 g/mol. The van der Waals surface area contributed by atoms with E-state index in [-0.39, 0.29) is 0 Å². The number of benzene rings is 2. The fourth-order valence-corrected chi connectivity index (χ4v) is 7.62. The Labute approximate surface area is 277 Å². The molecule has 0 spiro atoms. The number of nitrogens with zero attached hydrogens (tertiary/aromatic N) is 6. The Kier molecular flexibility index (Phi) is 9.05. The normalized spacial score (nSPS) is 15.6. The molecule has 1 atom stereocenters. The van der Waals surface area contributed by atoms with Crippen molar-refractivity contribution in [3.05, 3.63) is 84.2 Å². The molecule has 5 aromatic rings. The van der Waals surface area contributed by atoms with Gasteiger partial charge in [0.1, 0.15) is 22.3 Å². The van der Waals surface area contributed by atoms with Gasteiger partial charge in [0, 0.05) is 43.6 Å². The molecule has 0 saturated carbocycles. The van der Waals surface area contributed by atoms with Gasteiger partial charge in [-0.3, -0.25) is 0 Å². The van der Waals surface area contributed by atoms with E-state index < -0.39 is 27.5 Å². The molecule has 2 aliphatic rings. The third-order valence-electron chi connectivity index (χ3n) is 8.01. The van der Waals surface area contributed by atoms with E-state index in [1.54, 1.807) is 41.9 Å². The summed E-state index contributed by atoms with van der Waals surface area (Å²) in [7, 11) is -2.16. The maximum absolute atomic E-state index is 14.3. The molecule has 0 amide bonds. The molecule has 0 aliphatic carbocycles. The van der Waals surface area contributed by atoms with Gasteiger partial charge in [-0.15, -0.1) is 0 Å². The van der Waals surface area contributed by atoms with Crippen molar-refractivity contribution in [3.63, 3.8) is 0 Å². The molecule has 14 heteroatoms. The Bertz CT molecular complexity index is 1910. The van der Waals surface area contributed by atoms with E-state index >= 15 is 0 Å². The zero-order chi connectivity index (χ0) is 32.3. The number of anilines is 5. The first-order valence-electron chi connectivity index (χ1n) is 15.3. The number of thiazole rings is 1. The first kappa shape index (κ1) is 31.1. The highest BCUT2D eigenvalue weighted by atomic mass is 32.2. The summed E-state index contributed by atoms with van der Waals surface area (Å²) in [4.78, 5) is 23.9. The number of pyridine rings is 1. The van der Waals surface area contributed by atoms with Crippen LogP contribution in [0.4, 0.5) is 37.1 Å². The van der Waals surface area contributed by atoms with Crippen molar-refractivity contribution in [1.82, 2.24) is 19.9 Å². The van der Waals surface area contributed by atoms with Gasteiger partial charge in [0.15, 0.2) is 16.1 Å². The van der Waals surface area contributed by atoms with Crippen molar-refractivity contribution in [2.75, 3.05) is 59.2 Å². The molecular formula is C33H32F2N8O2S2. The standard InChI is InChI=1S/C33H32F2N8O2S2/c1-21-18-28(42-14-16-45-17-15-42)37-20-27(21)39-32-36-11-10-26(38-32)30-29(40-33(46-30)43-12-2-3-13-43)22-6-4-7-23(19-22)41-47(44)31-24(34)8-5-9-25(31)35/h4-11,18-20,41H,2-3,12-17H2,1H3,(H,36,38,39). The third-order valence-corrected chi connectivity index (χ3v) is 10.3. The van der Waals surface area contributed by atoms with Crippen LogP contribution in [0.15, 0.2) is 71.9 Å². The van der Waals surface area contributed by atoms with Crippen molar-refractivity contribution in [1.29, 1.82) is 0 Å². The van der Waals surface area contributed by atoms with Gasteiger partial charge in [0.2, 0.25) is 5.95 Å². The smallest absolute Gasteiger partial charge is 0.227 e. The van der Waals surface area contributed by atoms with Crippen LogP contribution in [0.5, 0.6) is 0 Å². The number of nitrogens with one attached hydrogen (secondary N) is 2. The first-order chi connectivity index (χ1) is 22.9. The SMILES string of the molecule is Cc1cc(N2CCOCC2)ncc1Nc1nccc(-c2sc(N3CCCC3)nc2-c2cccc(NS(=O)c3c(F)cccc3F)c2)n1. The summed E-state index contributed by atoms with van der Waals surface area (Å²) in [6.45, 7) is 6.86. The molecule has 0 bridgehead atoms. The van der Waals surface area contributed by atoms with E-state index in [0.29, 0.717) is 36.2 Å². The second-order valence-corrected chi connectivity index (χ2v) is 13.3. The number of rotatable bonds is 9. The van der Waals surface area contributed by atoms with Crippen LogP contribution in [0.1, 0.15) is 18.4 Å². The quantitative estimate of drug-likeness (QED) is 0.180. The van der Waals surface area contributed by atoms with Crippen LogP contribution < -0.4 is 19.8 Å². The molecule has 47 heavy (non-hydrogen) atoms. The average molecular weight is 675 g/mol. The predicted molar refractivity (Wildman–Crippen MR) is 182 cm³/mol. The molecule has 5 heterocycles. The molecule has 2 N–H and O–H groups in total. The lowest BCUT2D eigenvalue weighted by Crippen LogP contribution is -2.36. The molecule has 242 valence electrons. The second kappa shape index (κ2) is 13.7. The summed E-state index contributed by atoms with van der Waals surface area (Å²) in [6, 6.07) is 14.5. The molecule has 0 radical (unpaired) electrons. The van der Waals surface area contributed by atoms with E-state index in [1.807, 2.05) is 19.1 Å². The van der Waals surface area contributed by atoms with Crippen LogP contribution in [-0.4, -0.2) is 63.5 Å². The maximum Gasteiger partial charge on any atom is 0.227 e. The number of hydrogen-bond donors (Lipinski definition) is 2. The van der Waals surface area contributed by atoms with Crippen molar-refractivity contribution in [2.24, 2.45) is 0 Å². The average Bonchev–Trinajstić information content (AvgIpc) is 3.78. The van der Waals surface area contributed by atoms with E-state index in [4.69, 9.17) is 14.7 Å². The fraction of sp³-hybridized carbons (Fsp3) is 0.273. The van der Waals surface area contributed by atoms with Crippen LogP contribution in [-0.2, 0) is 15.7 Å². The van der Waals surface area contributed by atoms with E-state index in [9.17, 15) is 13.0 Å². The fourth-order valence-electron chi connectivity index (χ4n) is 5.57. The topological polar surface area (TPSA) is 108 Å². The van der Waals surface area contributed by atoms with E-state index in [1.165, 1.54) is 6.07 Å². The number of morpholine rings is 1. The summed E-state index contributed by atoms with van der Waals surface area (Å²) in [5.41, 5.74) is 4.37. The highest BCUT2D eigenvalue weighted by Crippen LogP contribution is 2.41. The van der Waals surface area contributed by atoms with Gasteiger partial charge in [-0.25, -0.2) is 32.9 Å². The zero-order valence-corrected chi connectivity index (χ0v) is 27.2. The lowest BCUT2D eigenvalue weighted by atomic mass is 10.1. The third kappa shape index (κ3) is 6.80. The number of hydrogen-bond acceptors (Lipinski definition) is 10. The van der Waals surface area contributed by atoms with Crippen LogP contribution >= 0.6 is 11.3 Å². The van der Waals surface area contributed by atoms with Crippen molar-refractivity contribution < 1.29 is 17.7 Å². The summed E-state index contributed by atoms with van der Waals surface area (Å²) in [5.74, 6) is -0.423. The number of aryl methyl sites for hydroxylation is 1. The number of aromatic nitrogens is 4. The maximum atomic E-state index is 14.3. The lowest BCUT2D eigenvalue weighted by molar-refractivity contribution is 0.122. The lowest BCUT2D eigenvalue weighted by Gasteiger charge is -2.28. The summed E-state index contributed by atoms with van der Waals surface area (Å²) in [5, 5.41) is 4.21. The Hall–Kier alpha value is -4.53. The molecule has 1 unspecified atom stereocenters. The number of ether oxygens (including phenoxy) is 1. The van der Waals surface area contributed by atoms with Gasteiger partial charge in [0.25, 0.3) is 0 Å². The van der Waals surface area contributed by atoms with Gasteiger partial charge >= 0.3 is 0 Å².